The van der Waals surface area contributed by atoms with Gasteiger partial charge in [0.05, 0.1) is 6.04 Å². The molecule has 1 aliphatic heterocycles. The van der Waals surface area contributed by atoms with Gasteiger partial charge >= 0.3 is 6.09 Å². The molecule has 2 aromatic rings. The smallest absolute Gasteiger partial charge is 0.410 e. The fourth-order valence-electron chi connectivity index (χ4n) is 3.45. The van der Waals surface area contributed by atoms with Gasteiger partial charge in [0.2, 0.25) is 0 Å². The van der Waals surface area contributed by atoms with Crippen molar-refractivity contribution in [3.63, 3.8) is 0 Å². The Bertz CT molecular complexity index is 670. The van der Waals surface area contributed by atoms with Crippen molar-refractivity contribution in [2.75, 3.05) is 32.7 Å². The third kappa shape index (κ3) is 4.84. The van der Waals surface area contributed by atoms with E-state index < -0.39 is 6.09 Å². The summed E-state index contributed by atoms with van der Waals surface area (Å²) in [5.41, 5.74) is 0. The van der Waals surface area contributed by atoms with Crippen molar-refractivity contribution < 1.29 is 9.53 Å². The lowest BCUT2D eigenvalue weighted by Gasteiger charge is -2.41. The zero-order valence-electron chi connectivity index (χ0n) is 15.4. The molecule has 1 saturated heterocycles. The molecule has 0 aliphatic carbocycles. The van der Waals surface area contributed by atoms with Gasteiger partial charge in [-0.25, -0.2) is 4.79 Å². The highest BCUT2D eigenvalue weighted by Crippen LogP contribution is 2.29. The number of benzene rings is 1. The van der Waals surface area contributed by atoms with E-state index >= 15 is 0 Å². The van der Waals surface area contributed by atoms with Crippen molar-refractivity contribution in [1.29, 1.82) is 0 Å². The van der Waals surface area contributed by atoms with E-state index in [1.165, 1.54) is 4.88 Å². The molecule has 1 N–H and O–H groups in total. The summed E-state index contributed by atoms with van der Waals surface area (Å²) in [5, 5.41) is 5.13. The SMILES string of the molecule is CCN1CCN([C@H](c2cccs2)[C@@H](C)NC(=O)Oc2ccccc2)CC1. The molecule has 1 aromatic carbocycles. The zero-order valence-corrected chi connectivity index (χ0v) is 16.2. The maximum absolute atomic E-state index is 12.3. The number of piperazine rings is 1. The molecule has 1 fully saturated rings. The minimum Gasteiger partial charge on any atom is -0.410 e. The van der Waals surface area contributed by atoms with Crippen LogP contribution in [0.3, 0.4) is 0 Å². The molecule has 5 nitrogen and oxygen atoms in total. The number of para-hydroxylation sites is 1. The van der Waals surface area contributed by atoms with Gasteiger partial charge in [-0.05, 0) is 37.0 Å². The van der Waals surface area contributed by atoms with Crippen molar-refractivity contribution >= 4 is 17.4 Å². The van der Waals surface area contributed by atoms with Crippen LogP contribution in [-0.4, -0.2) is 54.7 Å². The molecule has 1 aromatic heterocycles. The molecule has 0 bridgehead atoms. The molecular formula is C20H27N3O2S. The van der Waals surface area contributed by atoms with E-state index in [2.05, 4.69) is 46.5 Å². The highest BCUT2D eigenvalue weighted by atomic mass is 32.1. The van der Waals surface area contributed by atoms with E-state index in [4.69, 9.17) is 4.74 Å². The van der Waals surface area contributed by atoms with Crippen molar-refractivity contribution in [3.05, 3.63) is 52.7 Å². The van der Waals surface area contributed by atoms with Crippen LogP contribution in [0.4, 0.5) is 4.79 Å². The van der Waals surface area contributed by atoms with E-state index in [0.29, 0.717) is 5.75 Å². The molecule has 6 heteroatoms. The number of hydrogen-bond donors (Lipinski definition) is 1. The fourth-order valence-corrected chi connectivity index (χ4v) is 4.41. The Morgan fingerprint density at radius 1 is 1.15 bits per heavy atom. The zero-order chi connectivity index (χ0) is 18.4. The Balaban J connectivity index is 1.65. The Morgan fingerprint density at radius 2 is 1.88 bits per heavy atom. The molecule has 0 spiro atoms. The molecule has 140 valence electrons. The van der Waals surface area contributed by atoms with E-state index in [-0.39, 0.29) is 12.1 Å². The Morgan fingerprint density at radius 3 is 2.50 bits per heavy atom. The average Bonchev–Trinajstić information content (AvgIpc) is 3.17. The minimum atomic E-state index is -0.405. The number of carbonyl (C=O) groups is 1. The third-order valence-corrected chi connectivity index (χ3v) is 5.80. The van der Waals surface area contributed by atoms with Crippen LogP contribution in [-0.2, 0) is 0 Å². The first-order valence-corrected chi connectivity index (χ1v) is 10.1. The molecular weight excluding hydrogens is 346 g/mol. The van der Waals surface area contributed by atoms with Gasteiger partial charge in [0.1, 0.15) is 5.75 Å². The van der Waals surface area contributed by atoms with Crippen LogP contribution in [0, 0.1) is 0 Å². The largest absolute Gasteiger partial charge is 0.412 e. The van der Waals surface area contributed by atoms with Gasteiger partial charge in [0.25, 0.3) is 0 Å². The lowest BCUT2D eigenvalue weighted by Crippen LogP contribution is -2.52. The predicted molar refractivity (Wildman–Crippen MR) is 106 cm³/mol. The summed E-state index contributed by atoms with van der Waals surface area (Å²) in [5.74, 6) is 0.557. The number of likely N-dealkylation sites (N-methyl/N-ethyl adjacent to an activating group) is 1. The molecule has 3 rings (SSSR count). The number of thiophene rings is 1. The highest BCUT2D eigenvalue weighted by molar-refractivity contribution is 7.10. The van der Waals surface area contributed by atoms with Crippen molar-refractivity contribution in [3.8, 4) is 5.75 Å². The van der Waals surface area contributed by atoms with Gasteiger partial charge in [-0.3, -0.25) is 4.90 Å². The standard InChI is InChI=1S/C20H27N3O2S/c1-3-22-11-13-23(14-12-22)19(18-10-7-15-26-18)16(2)21-20(24)25-17-8-5-4-6-9-17/h4-10,15-16,19H,3,11-14H2,1-2H3,(H,21,24)/t16-,19+/m1/s1. The topological polar surface area (TPSA) is 44.8 Å². The van der Waals surface area contributed by atoms with Crippen molar-refractivity contribution in [2.24, 2.45) is 0 Å². The lowest BCUT2D eigenvalue weighted by atomic mass is 10.1. The summed E-state index contributed by atoms with van der Waals surface area (Å²) in [4.78, 5) is 18.5. The number of rotatable bonds is 6. The van der Waals surface area contributed by atoms with E-state index in [9.17, 15) is 4.79 Å². The van der Waals surface area contributed by atoms with Crippen LogP contribution in [0.2, 0.25) is 0 Å². The first-order chi connectivity index (χ1) is 12.7. The fraction of sp³-hybridized carbons (Fsp3) is 0.450. The third-order valence-electron chi connectivity index (χ3n) is 4.86. The maximum atomic E-state index is 12.3. The summed E-state index contributed by atoms with van der Waals surface area (Å²) < 4.78 is 5.40. The summed E-state index contributed by atoms with van der Waals surface area (Å²) >= 11 is 1.74. The van der Waals surface area contributed by atoms with E-state index in [0.717, 1.165) is 32.7 Å². The lowest BCUT2D eigenvalue weighted by molar-refractivity contribution is 0.0845. The molecule has 0 radical (unpaired) electrons. The number of carbonyl (C=O) groups excluding carboxylic acids is 1. The second-order valence-electron chi connectivity index (χ2n) is 6.57. The summed E-state index contributed by atoms with van der Waals surface area (Å²) in [6.45, 7) is 9.51. The molecule has 0 saturated carbocycles. The molecule has 0 unspecified atom stereocenters. The van der Waals surface area contributed by atoms with Crippen LogP contribution >= 0.6 is 11.3 Å². The molecule has 2 heterocycles. The molecule has 1 amide bonds. The number of nitrogens with zero attached hydrogens (tertiary/aromatic N) is 2. The Kier molecular flexibility index (Phi) is 6.66. The van der Waals surface area contributed by atoms with E-state index in [1.54, 1.807) is 23.5 Å². The van der Waals surface area contributed by atoms with E-state index in [1.807, 2.05) is 18.2 Å². The van der Waals surface area contributed by atoms with Crippen molar-refractivity contribution in [1.82, 2.24) is 15.1 Å². The quantitative estimate of drug-likeness (QED) is 0.840. The van der Waals surface area contributed by atoms with Gasteiger partial charge in [-0.2, -0.15) is 0 Å². The van der Waals surface area contributed by atoms with Crippen LogP contribution in [0.5, 0.6) is 5.75 Å². The number of nitrogens with one attached hydrogen (secondary N) is 1. The number of hydrogen-bond acceptors (Lipinski definition) is 5. The maximum Gasteiger partial charge on any atom is 0.412 e. The number of ether oxygens (including phenoxy) is 1. The Labute approximate surface area is 159 Å². The van der Waals surface area contributed by atoms with Crippen molar-refractivity contribution in [2.45, 2.75) is 25.9 Å². The second-order valence-corrected chi connectivity index (χ2v) is 7.55. The van der Waals surface area contributed by atoms with Crippen LogP contribution < -0.4 is 10.1 Å². The normalized spacial score (nSPS) is 18.2. The minimum absolute atomic E-state index is 0.0435. The first-order valence-electron chi connectivity index (χ1n) is 9.20. The molecule has 2 atom stereocenters. The number of amides is 1. The highest BCUT2D eigenvalue weighted by Gasteiger charge is 2.30. The predicted octanol–water partition coefficient (Wildman–Crippen LogP) is 3.60. The van der Waals surface area contributed by atoms with Gasteiger partial charge in [0.15, 0.2) is 0 Å². The summed E-state index contributed by atoms with van der Waals surface area (Å²) in [6, 6.07) is 13.5. The van der Waals surface area contributed by atoms with Crippen LogP contribution in [0.1, 0.15) is 24.8 Å². The summed E-state index contributed by atoms with van der Waals surface area (Å²) in [7, 11) is 0. The Hall–Kier alpha value is -1.89. The monoisotopic (exact) mass is 373 g/mol. The molecule has 1 aliphatic rings. The van der Waals surface area contributed by atoms with Crippen LogP contribution in [0.15, 0.2) is 47.8 Å². The van der Waals surface area contributed by atoms with Gasteiger partial charge < -0.3 is 15.0 Å². The van der Waals surface area contributed by atoms with Crippen LogP contribution in [0.25, 0.3) is 0 Å². The molecule has 26 heavy (non-hydrogen) atoms. The first kappa shape index (κ1) is 18.9. The van der Waals surface area contributed by atoms with Gasteiger partial charge in [-0.1, -0.05) is 31.2 Å². The summed E-state index contributed by atoms with van der Waals surface area (Å²) in [6.07, 6.45) is -0.405. The van der Waals surface area contributed by atoms with Gasteiger partial charge in [0, 0.05) is 37.1 Å². The average molecular weight is 374 g/mol. The second kappa shape index (κ2) is 9.16. The van der Waals surface area contributed by atoms with Gasteiger partial charge in [-0.15, -0.1) is 11.3 Å².